The lowest BCUT2D eigenvalue weighted by atomic mass is 10.1. The van der Waals surface area contributed by atoms with Crippen molar-refractivity contribution in [3.8, 4) is 11.3 Å². The molecule has 2 N–H and O–H groups in total. The van der Waals surface area contributed by atoms with Gasteiger partial charge < -0.3 is 15.2 Å². The highest BCUT2D eigenvalue weighted by molar-refractivity contribution is 6.09. The van der Waals surface area contributed by atoms with Crippen molar-refractivity contribution in [2.24, 2.45) is 0 Å². The Morgan fingerprint density at radius 1 is 0.897 bits per heavy atom. The van der Waals surface area contributed by atoms with E-state index >= 15 is 0 Å². The number of nitrogens with zero attached hydrogens (tertiary/aromatic N) is 1. The van der Waals surface area contributed by atoms with Crippen molar-refractivity contribution in [1.82, 2.24) is 5.16 Å². The smallest absolute Gasteiger partial charge is 0.255 e. The molecule has 0 radical (unpaired) electrons. The number of amides is 2. The summed E-state index contributed by atoms with van der Waals surface area (Å²) in [6, 6.07) is 20.3. The van der Waals surface area contributed by atoms with Gasteiger partial charge in [-0.3, -0.25) is 9.59 Å². The van der Waals surface area contributed by atoms with E-state index in [1.807, 2.05) is 49.4 Å². The number of carbonyl (C=O) groups excluding carboxylic acids is 2. The van der Waals surface area contributed by atoms with Crippen molar-refractivity contribution in [3.05, 3.63) is 77.9 Å². The predicted octanol–water partition coefficient (Wildman–Crippen LogP) is 5.01. The van der Waals surface area contributed by atoms with Crippen LogP contribution >= 0.6 is 0 Å². The lowest BCUT2D eigenvalue weighted by molar-refractivity contribution is -0.114. The molecule has 0 fully saturated rings. The van der Waals surface area contributed by atoms with Crippen molar-refractivity contribution in [2.75, 3.05) is 10.6 Å². The SMILES string of the molecule is CC(=O)Nc1ccc(C)cc1NC(=O)c1ccc2noc(-c3ccccc3)c2c1. The number of nitrogens with one attached hydrogen (secondary N) is 2. The molecule has 4 aromatic rings. The zero-order valence-corrected chi connectivity index (χ0v) is 16.0. The maximum Gasteiger partial charge on any atom is 0.255 e. The third-order valence-electron chi connectivity index (χ3n) is 4.51. The van der Waals surface area contributed by atoms with E-state index in [1.165, 1.54) is 6.92 Å². The summed E-state index contributed by atoms with van der Waals surface area (Å²) in [5.41, 5.74) is 4.09. The van der Waals surface area contributed by atoms with Gasteiger partial charge in [-0.2, -0.15) is 0 Å². The monoisotopic (exact) mass is 385 g/mol. The van der Waals surface area contributed by atoms with Crippen molar-refractivity contribution in [3.63, 3.8) is 0 Å². The third-order valence-corrected chi connectivity index (χ3v) is 4.51. The van der Waals surface area contributed by atoms with E-state index in [9.17, 15) is 9.59 Å². The molecule has 144 valence electrons. The topological polar surface area (TPSA) is 84.2 Å². The van der Waals surface area contributed by atoms with Crippen LogP contribution in [0.1, 0.15) is 22.8 Å². The quantitative estimate of drug-likeness (QED) is 0.517. The third kappa shape index (κ3) is 3.87. The van der Waals surface area contributed by atoms with Gasteiger partial charge in [0.15, 0.2) is 5.76 Å². The highest BCUT2D eigenvalue weighted by Gasteiger charge is 2.15. The Morgan fingerprint density at radius 3 is 2.45 bits per heavy atom. The molecule has 6 heteroatoms. The summed E-state index contributed by atoms with van der Waals surface area (Å²) in [5.74, 6) is 0.122. The first-order chi connectivity index (χ1) is 14.0. The molecular formula is C23H19N3O3. The van der Waals surface area contributed by atoms with Gasteiger partial charge in [-0.15, -0.1) is 0 Å². The molecule has 29 heavy (non-hydrogen) atoms. The Kier molecular flexibility index (Phi) is 4.83. The molecule has 0 atom stereocenters. The first-order valence-corrected chi connectivity index (χ1v) is 9.16. The maximum atomic E-state index is 12.9. The largest absolute Gasteiger partial charge is 0.355 e. The molecule has 6 nitrogen and oxygen atoms in total. The van der Waals surface area contributed by atoms with Gasteiger partial charge in [0.1, 0.15) is 5.52 Å². The van der Waals surface area contributed by atoms with Gasteiger partial charge in [-0.05, 0) is 42.8 Å². The molecule has 1 aromatic heterocycles. The van der Waals surface area contributed by atoms with Crippen molar-refractivity contribution in [1.29, 1.82) is 0 Å². The average Bonchev–Trinajstić information content (AvgIpc) is 3.13. The number of hydrogen-bond donors (Lipinski definition) is 2. The molecule has 0 bridgehead atoms. The number of hydrogen-bond acceptors (Lipinski definition) is 4. The Bertz CT molecular complexity index is 1210. The second-order valence-corrected chi connectivity index (χ2v) is 6.79. The van der Waals surface area contributed by atoms with Crippen LogP contribution in [0.3, 0.4) is 0 Å². The molecule has 1 heterocycles. The standard InChI is InChI=1S/C23H19N3O3/c1-14-8-10-20(24-15(2)27)21(12-14)25-23(28)17-9-11-19-18(13-17)22(29-26-19)16-6-4-3-5-7-16/h3-13H,1-2H3,(H,24,27)(H,25,28). The number of aryl methyl sites for hydroxylation is 1. The summed E-state index contributed by atoms with van der Waals surface area (Å²) < 4.78 is 5.50. The van der Waals surface area contributed by atoms with Crippen LogP contribution in [0.2, 0.25) is 0 Å². The van der Waals surface area contributed by atoms with Crippen LogP contribution in [0.5, 0.6) is 0 Å². The van der Waals surface area contributed by atoms with Crippen LogP contribution in [-0.2, 0) is 4.79 Å². The number of anilines is 2. The molecule has 0 saturated heterocycles. The van der Waals surface area contributed by atoms with Crippen LogP contribution in [0.25, 0.3) is 22.2 Å². The molecule has 0 aliphatic carbocycles. The first kappa shape index (κ1) is 18.4. The second-order valence-electron chi connectivity index (χ2n) is 6.79. The van der Waals surface area contributed by atoms with E-state index in [0.29, 0.717) is 28.2 Å². The summed E-state index contributed by atoms with van der Waals surface area (Å²) in [6.45, 7) is 3.35. The Balaban J connectivity index is 1.68. The van der Waals surface area contributed by atoms with E-state index < -0.39 is 0 Å². The summed E-state index contributed by atoms with van der Waals surface area (Å²) >= 11 is 0. The zero-order valence-electron chi connectivity index (χ0n) is 16.0. The molecule has 0 saturated carbocycles. The normalized spacial score (nSPS) is 10.7. The maximum absolute atomic E-state index is 12.9. The van der Waals surface area contributed by atoms with E-state index in [2.05, 4.69) is 15.8 Å². The minimum Gasteiger partial charge on any atom is -0.355 e. The molecule has 0 spiro atoms. The van der Waals surface area contributed by atoms with Crippen LogP contribution in [-0.4, -0.2) is 17.0 Å². The van der Waals surface area contributed by atoms with Crippen LogP contribution in [0, 0.1) is 6.92 Å². The van der Waals surface area contributed by atoms with Gasteiger partial charge in [-0.1, -0.05) is 41.6 Å². The number of benzene rings is 3. The highest BCUT2D eigenvalue weighted by atomic mass is 16.5. The van der Waals surface area contributed by atoms with Crippen molar-refractivity contribution >= 4 is 34.1 Å². The number of carbonyl (C=O) groups is 2. The lowest BCUT2D eigenvalue weighted by Gasteiger charge is -2.12. The van der Waals surface area contributed by atoms with E-state index in [1.54, 1.807) is 24.3 Å². The first-order valence-electron chi connectivity index (χ1n) is 9.16. The molecule has 0 aliphatic rings. The summed E-state index contributed by atoms with van der Waals surface area (Å²) in [7, 11) is 0. The molecular weight excluding hydrogens is 366 g/mol. The number of fused-ring (bicyclic) bond motifs is 1. The number of aromatic nitrogens is 1. The fourth-order valence-corrected chi connectivity index (χ4v) is 3.14. The van der Waals surface area contributed by atoms with E-state index in [4.69, 9.17) is 4.52 Å². The Labute approximate surface area is 167 Å². The van der Waals surface area contributed by atoms with Gasteiger partial charge in [0.2, 0.25) is 5.91 Å². The zero-order chi connectivity index (χ0) is 20.4. The average molecular weight is 385 g/mol. The van der Waals surface area contributed by atoms with Crippen LogP contribution in [0.4, 0.5) is 11.4 Å². The van der Waals surface area contributed by atoms with E-state index in [0.717, 1.165) is 16.5 Å². The molecule has 0 aliphatic heterocycles. The molecule has 0 unspecified atom stereocenters. The van der Waals surface area contributed by atoms with Gasteiger partial charge in [0, 0.05) is 18.1 Å². The van der Waals surface area contributed by atoms with Gasteiger partial charge in [0.25, 0.3) is 5.91 Å². The molecule has 4 rings (SSSR count). The predicted molar refractivity (Wildman–Crippen MR) is 113 cm³/mol. The minimum absolute atomic E-state index is 0.206. The van der Waals surface area contributed by atoms with Crippen molar-refractivity contribution in [2.45, 2.75) is 13.8 Å². The Morgan fingerprint density at radius 2 is 1.69 bits per heavy atom. The summed E-state index contributed by atoms with van der Waals surface area (Å²) in [4.78, 5) is 24.4. The highest BCUT2D eigenvalue weighted by Crippen LogP contribution is 2.30. The molecule has 3 aromatic carbocycles. The van der Waals surface area contributed by atoms with Crippen LogP contribution < -0.4 is 10.6 Å². The van der Waals surface area contributed by atoms with Crippen LogP contribution in [0.15, 0.2) is 71.3 Å². The Hall–Kier alpha value is -3.93. The van der Waals surface area contributed by atoms with Gasteiger partial charge >= 0.3 is 0 Å². The number of rotatable bonds is 4. The van der Waals surface area contributed by atoms with E-state index in [-0.39, 0.29) is 11.8 Å². The summed E-state index contributed by atoms with van der Waals surface area (Å²) in [5, 5.41) is 10.5. The summed E-state index contributed by atoms with van der Waals surface area (Å²) in [6.07, 6.45) is 0. The molecule has 2 amide bonds. The van der Waals surface area contributed by atoms with Gasteiger partial charge in [0.05, 0.1) is 16.8 Å². The second kappa shape index (κ2) is 7.59. The minimum atomic E-state index is -0.288. The fraction of sp³-hybridized carbons (Fsp3) is 0.0870. The fourth-order valence-electron chi connectivity index (χ4n) is 3.14. The van der Waals surface area contributed by atoms with Gasteiger partial charge in [-0.25, -0.2) is 0 Å². The lowest BCUT2D eigenvalue weighted by Crippen LogP contribution is -2.15. The van der Waals surface area contributed by atoms with Crippen molar-refractivity contribution < 1.29 is 14.1 Å².